The van der Waals surface area contributed by atoms with Crippen LogP contribution in [-0.2, 0) is 26.6 Å². The van der Waals surface area contributed by atoms with Gasteiger partial charge in [-0.05, 0) is 36.2 Å². The summed E-state index contributed by atoms with van der Waals surface area (Å²) in [7, 11) is -5.99. The van der Waals surface area contributed by atoms with Gasteiger partial charge in [-0.25, -0.2) is 21.6 Å². The fraction of sp³-hybridized carbons (Fsp3) is 0.353. The van der Waals surface area contributed by atoms with Gasteiger partial charge < -0.3 is 5.32 Å². The molecule has 0 bridgehead atoms. The normalized spacial score (nSPS) is 15.9. The van der Waals surface area contributed by atoms with Crippen molar-refractivity contribution in [3.05, 3.63) is 46.2 Å². The van der Waals surface area contributed by atoms with Crippen molar-refractivity contribution in [2.45, 2.75) is 16.3 Å². The number of nitrogens with zero attached hydrogens (tertiary/aromatic N) is 1. The van der Waals surface area contributed by atoms with Gasteiger partial charge in [0.1, 0.15) is 9.77 Å². The van der Waals surface area contributed by atoms with Gasteiger partial charge in [-0.2, -0.15) is 16.1 Å². The number of hydrogen-bond acceptors (Lipinski definition) is 7. The molecule has 0 spiro atoms. The second-order valence-corrected chi connectivity index (χ2v) is 12.1. The molecule has 2 aromatic rings. The molecule has 8 nitrogen and oxygen atoms in total. The maximum atomic E-state index is 12.9. The molecule has 158 valence electrons. The van der Waals surface area contributed by atoms with Crippen molar-refractivity contribution in [3.63, 3.8) is 0 Å². The Balaban J connectivity index is 1.75. The largest absolute Gasteiger partial charge is 0.347 e. The van der Waals surface area contributed by atoms with Gasteiger partial charge in [-0.15, -0.1) is 11.3 Å². The molecule has 1 aromatic carbocycles. The Morgan fingerprint density at radius 3 is 2.55 bits per heavy atom. The van der Waals surface area contributed by atoms with E-state index in [2.05, 4.69) is 10.0 Å². The van der Waals surface area contributed by atoms with Crippen molar-refractivity contribution in [1.29, 1.82) is 0 Å². The average molecular weight is 476 g/mol. The summed E-state index contributed by atoms with van der Waals surface area (Å²) >= 11 is 2.77. The highest BCUT2D eigenvalue weighted by molar-refractivity contribution is 7.99. The van der Waals surface area contributed by atoms with Gasteiger partial charge in [0.2, 0.25) is 20.0 Å². The van der Waals surface area contributed by atoms with Crippen molar-refractivity contribution in [1.82, 2.24) is 14.3 Å². The topological polar surface area (TPSA) is 113 Å². The summed E-state index contributed by atoms with van der Waals surface area (Å²) < 4.78 is 53.3. The van der Waals surface area contributed by atoms with Crippen LogP contribution in [-0.4, -0.2) is 58.7 Å². The number of amides is 1. The van der Waals surface area contributed by atoms with Gasteiger partial charge in [0.05, 0.1) is 4.90 Å². The fourth-order valence-electron chi connectivity index (χ4n) is 2.80. The van der Waals surface area contributed by atoms with E-state index >= 15 is 0 Å². The Morgan fingerprint density at radius 2 is 1.86 bits per heavy atom. The third-order valence-electron chi connectivity index (χ3n) is 4.35. The van der Waals surface area contributed by atoms with Crippen molar-refractivity contribution < 1.29 is 21.6 Å². The second kappa shape index (κ2) is 9.14. The summed E-state index contributed by atoms with van der Waals surface area (Å²) in [4.78, 5) is 12.9. The molecule has 0 saturated carbocycles. The van der Waals surface area contributed by atoms with E-state index in [-0.39, 0.29) is 21.2 Å². The number of rotatable bonds is 7. The maximum absolute atomic E-state index is 12.9. The fourth-order valence-corrected chi connectivity index (χ4v) is 7.49. The van der Waals surface area contributed by atoms with Gasteiger partial charge in [0, 0.05) is 31.1 Å². The third kappa shape index (κ3) is 5.01. The quantitative estimate of drug-likeness (QED) is 0.625. The van der Waals surface area contributed by atoms with E-state index in [1.165, 1.54) is 29.6 Å². The standard InChI is InChI=1S/C17H21N3O5S4/c1-18-28(22,23)14-4-2-3-13(11-14)12-19-17(21)16-15(5-8-27-16)29(24,25)20-6-9-26-10-7-20/h2-5,8,11,18H,6-7,9-10,12H2,1H3,(H,19,21). The van der Waals surface area contributed by atoms with E-state index in [9.17, 15) is 21.6 Å². The van der Waals surface area contributed by atoms with Crippen molar-refractivity contribution >= 4 is 49.1 Å². The maximum Gasteiger partial charge on any atom is 0.263 e. The second-order valence-electron chi connectivity index (χ2n) is 6.17. The number of thiophene rings is 1. The van der Waals surface area contributed by atoms with Crippen LogP contribution in [0.25, 0.3) is 0 Å². The molecule has 3 rings (SSSR count). The molecule has 2 heterocycles. The molecule has 1 aliphatic rings. The van der Waals surface area contributed by atoms with E-state index in [1.54, 1.807) is 29.3 Å². The summed E-state index contributed by atoms with van der Waals surface area (Å²) in [6.07, 6.45) is 0. The zero-order valence-corrected chi connectivity index (χ0v) is 18.9. The predicted octanol–water partition coefficient (Wildman–Crippen LogP) is 1.32. The number of benzene rings is 1. The Morgan fingerprint density at radius 1 is 1.14 bits per heavy atom. The summed E-state index contributed by atoms with van der Waals surface area (Å²) in [6.45, 7) is 0.928. The molecule has 0 unspecified atom stereocenters. The SMILES string of the molecule is CNS(=O)(=O)c1cccc(CNC(=O)c2sccc2S(=O)(=O)N2CCSCC2)c1. The van der Waals surface area contributed by atoms with Crippen molar-refractivity contribution in [2.75, 3.05) is 31.6 Å². The van der Waals surface area contributed by atoms with Crippen LogP contribution in [0.2, 0.25) is 0 Å². The molecular formula is C17H21N3O5S4. The van der Waals surface area contributed by atoms with Crippen molar-refractivity contribution in [3.8, 4) is 0 Å². The Labute approximate surface area is 178 Å². The van der Waals surface area contributed by atoms with E-state index in [1.807, 2.05) is 0 Å². The highest BCUT2D eigenvalue weighted by Crippen LogP contribution is 2.27. The summed E-state index contributed by atoms with van der Waals surface area (Å²) in [5.41, 5.74) is 0.587. The van der Waals surface area contributed by atoms with Crippen LogP contribution in [0, 0.1) is 0 Å². The first-order chi connectivity index (χ1) is 13.8. The monoisotopic (exact) mass is 475 g/mol. The van der Waals surface area contributed by atoms with E-state index in [0.29, 0.717) is 18.7 Å². The van der Waals surface area contributed by atoms with Gasteiger partial charge in [-0.1, -0.05) is 12.1 Å². The summed E-state index contributed by atoms with van der Waals surface area (Å²) in [5, 5.41) is 4.27. The van der Waals surface area contributed by atoms with Crippen LogP contribution in [0.4, 0.5) is 0 Å². The van der Waals surface area contributed by atoms with Crippen LogP contribution in [0.3, 0.4) is 0 Å². The minimum Gasteiger partial charge on any atom is -0.347 e. The highest BCUT2D eigenvalue weighted by atomic mass is 32.2. The van der Waals surface area contributed by atoms with Gasteiger partial charge >= 0.3 is 0 Å². The van der Waals surface area contributed by atoms with Gasteiger partial charge in [0.15, 0.2) is 0 Å². The Hall–Kier alpha value is -1.44. The predicted molar refractivity (Wildman–Crippen MR) is 114 cm³/mol. The molecule has 1 aromatic heterocycles. The van der Waals surface area contributed by atoms with E-state index in [4.69, 9.17) is 0 Å². The molecule has 1 saturated heterocycles. The summed E-state index contributed by atoms with van der Waals surface area (Å²) in [5.74, 6) is 0.958. The highest BCUT2D eigenvalue weighted by Gasteiger charge is 2.31. The lowest BCUT2D eigenvalue weighted by Crippen LogP contribution is -2.38. The van der Waals surface area contributed by atoms with Crippen LogP contribution in [0.15, 0.2) is 45.5 Å². The number of sulfonamides is 2. The molecule has 29 heavy (non-hydrogen) atoms. The lowest BCUT2D eigenvalue weighted by molar-refractivity contribution is 0.0952. The van der Waals surface area contributed by atoms with Crippen LogP contribution < -0.4 is 10.0 Å². The molecule has 0 radical (unpaired) electrons. The molecule has 0 aliphatic carbocycles. The number of hydrogen-bond donors (Lipinski definition) is 2. The molecule has 1 fully saturated rings. The summed E-state index contributed by atoms with van der Waals surface area (Å²) in [6, 6.07) is 7.64. The molecule has 2 N–H and O–H groups in total. The van der Waals surface area contributed by atoms with Crippen LogP contribution in [0.1, 0.15) is 15.2 Å². The van der Waals surface area contributed by atoms with Crippen molar-refractivity contribution in [2.24, 2.45) is 0 Å². The minimum atomic E-state index is -3.72. The van der Waals surface area contributed by atoms with Crippen LogP contribution in [0.5, 0.6) is 0 Å². The number of carbonyl (C=O) groups is 1. The smallest absolute Gasteiger partial charge is 0.263 e. The molecule has 1 amide bonds. The van der Waals surface area contributed by atoms with Gasteiger partial charge in [-0.3, -0.25) is 4.79 Å². The first-order valence-electron chi connectivity index (χ1n) is 8.72. The average Bonchev–Trinajstić information content (AvgIpc) is 3.24. The van der Waals surface area contributed by atoms with Crippen LogP contribution >= 0.6 is 23.1 Å². The Bertz CT molecular complexity index is 1090. The molecule has 12 heteroatoms. The first-order valence-corrected chi connectivity index (χ1v) is 13.7. The first kappa shape index (κ1) is 22.2. The number of carbonyl (C=O) groups excluding carboxylic acids is 1. The van der Waals surface area contributed by atoms with E-state index in [0.717, 1.165) is 22.8 Å². The van der Waals surface area contributed by atoms with E-state index < -0.39 is 26.0 Å². The number of thioether (sulfide) groups is 1. The Kier molecular flexibility index (Phi) is 7.02. The lowest BCUT2D eigenvalue weighted by atomic mass is 10.2. The third-order valence-corrected chi connectivity index (χ3v) is 9.69. The zero-order valence-electron chi connectivity index (χ0n) is 15.6. The zero-order chi connectivity index (χ0) is 21.1. The number of nitrogens with one attached hydrogen (secondary N) is 2. The lowest BCUT2D eigenvalue weighted by Gasteiger charge is -2.25. The minimum absolute atomic E-state index is 0.0124. The molecule has 1 aliphatic heterocycles. The molecular weight excluding hydrogens is 454 g/mol. The van der Waals surface area contributed by atoms with Gasteiger partial charge in [0.25, 0.3) is 5.91 Å². The molecule has 0 atom stereocenters.